The van der Waals surface area contributed by atoms with E-state index in [-0.39, 0.29) is 5.95 Å². The molecule has 2 heterocycles. The number of anilines is 1. The fourth-order valence-corrected chi connectivity index (χ4v) is 1.28. The van der Waals surface area contributed by atoms with Gasteiger partial charge in [-0.3, -0.25) is 0 Å². The molecule has 0 aliphatic heterocycles. The van der Waals surface area contributed by atoms with E-state index in [0.717, 1.165) is 17.9 Å². The number of nitrogens with zero attached hydrogens (tertiary/aromatic N) is 4. The molecule has 2 aromatic heterocycles. The number of nitrogen functional groups attached to an aromatic ring is 1. The van der Waals surface area contributed by atoms with Crippen LogP contribution < -0.4 is 5.73 Å². The van der Waals surface area contributed by atoms with Crippen LogP contribution in [-0.2, 0) is 6.54 Å². The summed E-state index contributed by atoms with van der Waals surface area (Å²) in [5.41, 5.74) is 6.28. The third-order valence-electron chi connectivity index (χ3n) is 1.99. The first kappa shape index (κ1) is 8.68. The highest BCUT2D eigenvalue weighted by Crippen LogP contribution is 2.15. The van der Waals surface area contributed by atoms with Crippen LogP contribution in [0.15, 0.2) is 24.8 Å². The maximum Gasteiger partial charge on any atom is 0.219 e. The minimum Gasteiger partial charge on any atom is -0.368 e. The Bertz CT molecular complexity index is 417. The van der Waals surface area contributed by atoms with Gasteiger partial charge in [-0.15, -0.1) is 0 Å². The molecule has 5 nitrogen and oxygen atoms in total. The van der Waals surface area contributed by atoms with Crippen LogP contribution in [0.3, 0.4) is 0 Å². The van der Waals surface area contributed by atoms with Crippen molar-refractivity contribution in [1.82, 2.24) is 19.5 Å². The van der Waals surface area contributed by atoms with Gasteiger partial charge in [0.1, 0.15) is 5.82 Å². The van der Waals surface area contributed by atoms with Crippen LogP contribution in [0.5, 0.6) is 0 Å². The molecule has 2 N–H and O–H groups in total. The average Bonchev–Trinajstić information content (AvgIpc) is 2.67. The van der Waals surface area contributed by atoms with Crippen molar-refractivity contribution in [2.45, 2.75) is 13.5 Å². The number of imidazole rings is 1. The molecule has 0 aliphatic rings. The van der Waals surface area contributed by atoms with Gasteiger partial charge in [0.25, 0.3) is 0 Å². The number of rotatable bonds is 2. The lowest BCUT2D eigenvalue weighted by Crippen LogP contribution is -1.99. The van der Waals surface area contributed by atoms with E-state index in [9.17, 15) is 0 Å². The summed E-state index contributed by atoms with van der Waals surface area (Å²) in [7, 11) is 0. The lowest BCUT2D eigenvalue weighted by Gasteiger charge is -2.03. The number of nitrogens with two attached hydrogens (primary N) is 1. The highest BCUT2D eigenvalue weighted by Gasteiger charge is 2.04. The second kappa shape index (κ2) is 3.45. The van der Waals surface area contributed by atoms with Gasteiger partial charge < -0.3 is 10.3 Å². The number of hydrogen-bond acceptors (Lipinski definition) is 4. The van der Waals surface area contributed by atoms with E-state index in [1.165, 1.54) is 0 Å². The van der Waals surface area contributed by atoms with E-state index >= 15 is 0 Å². The smallest absolute Gasteiger partial charge is 0.219 e. The predicted octanol–water partition coefficient (Wildman–Crippen LogP) is 0.942. The first-order valence-electron chi connectivity index (χ1n) is 4.40. The lowest BCUT2D eigenvalue weighted by molar-refractivity contribution is 0.770. The van der Waals surface area contributed by atoms with E-state index in [1.54, 1.807) is 18.6 Å². The van der Waals surface area contributed by atoms with E-state index in [2.05, 4.69) is 21.9 Å². The van der Waals surface area contributed by atoms with Crippen LogP contribution in [-0.4, -0.2) is 19.5 Å². The Morgan fingerprint density at radius 2 is 2.00 bits per heavy atom. The van der Waals surface area contributed by atoms with Crippen molar-refractivity contribution < 1.29 is 0 Å². The summed E-state index contributed by atoms with van der Waals surface area (Å²) in [6.45, 7) is 2.93. The van der Waals surface area contributed by atoms with Crippen molar-refractivity contribution >= 4 is 5.95 Å². The van der Waals surface area contributed by atoms with Gasteiger partial charge in [0.2, 0.25) is 5.95 Å². The molecule has 2 rings (SSSR count). The van der Waals surface area contributed by atoms with Crippen LogP contribution in [0, 0.1) is 0 Å². The van der Waals surface area contributed by atoms with Crippen molar-refractivity contribution in [3.63, 3.8) is 0 Å². The summed E-state index contributed by atoms with van der Waals surface area (Å²) in [5.74, 6) is 1.15. The Morgan fingerprint density at radius 3 is 2.64 bits per heavy atom. The zero-order valence-corrected chi connectivity index (χ0v) is 7.88. The molecule has 2 aromatic rings. The van der Waals surface area contributed by atoms with Gasteiger partial charge in [0.05, 0.1) is 5.56 Å². The molecule has 72 valence electrons. The van der Waals surface area contributed by atoms with E-state index in [1.807, 2.05) is 10.8 Å². The number of aromatic nitrogens is 4. The monoisotopic (exact) mass is 189 g/mol. The summed E-state index contributed by atoms with van der Waals surface area (Å²) in [6, 6.07) is 0. The Morgan fingerprint density at radius 1 is 1.29 bits per heavy atom. The standard InChI is InChI=1S/C9H11N5/c1-2-14-4-3-11-8(14)7-5-12-9(10)13-6-7/h3-6H,2H2,1H3,(H2,10,12,13). The molecule has 0 saturated heterocycles. The zero-order valence-electron chi connectivity index (χ0n) is 7.88. The van der Waals surface area contributed by atoms with Gasteiger partial charge in [-0.25, -0.2) is 15.0 Å². The first-order chi connectivity index (χ1) is 6.81. The molecule has 0 spiro atoms. The minimum absolute atomic E-state index is 0.281. The fraction of sp³-hybridized carbons (Fsp3) is 0.222. The Kier molecular flexibility index (Phi) is 2.14. The highest BCUT2D eigenvalue weighted by molar-refractivity contribution is 5.53. The largest absolute Gasteiger partial charge is 0.368 e. The third-order valence-corrected chi connectivity index (χ3v) is 1.99. The van der Waals surface area contributed by atoms with Gasteiger partial charge in [0, 0.05) is 31.3 Å². The maximum absolute atomic E-state index is 5.40. The molecule has 0 aliphatic carbocycles. The van der Waals surface area contributed by atoms with E-state index in [0.29, 0.717) is 0 Å². The summed E-state index contributed by atoms with van der Waals surface area (Å²) in [4.78, 5) is 12.1. The summed E-state index contributed by atoms with van der Waals surface area (Å²) >= 11 is 0. The molecule has 5 heteroatoms. The Balaban J connectivity index is 2.44. The molecular formula is C9H11N5. The molecule has 0 bridgehead atoms. The summed E-state index contributed by atoms with van der Waals surface area (Å²) in [5, 5.41) is 0. The Labute approximate surface area is 81.6 Å². The molecule has 0 fully saturated rings. The van der Waals surface area contributed by atoms with Crippen LogP contribution in [0.25, 0.3) is 11.4 Å². The molecule has 0 amide bonds. The molecule has 14 heavy (non-hydrogen) atoms. The van der Waals surface area contributed by atoms with Gasteiger partial charge in [-0.1, -0.05) is 0 Å². The molecule has 0 saturated carbocycles. The molecule has 0 atom stereocenters. The van der Waals surface area contributed by atoms with Gasteiger partial charge in [-0.2, -0.15) is 0 Å². The quantitative estimate of drug-likeness (QED) is 0.763. The number of aryl methyl sites for hydroxylation is 1. The zero-order chi connectivity index (χ0) is 9.97. The fourth-order valence-electron chi connectivity index (χ4n) is 1.28. The second-order valence-electron chi connectivity index (χ2n) is 2.87. The van der Waals surface area contributed by atoms with Crippen LogP contribution >= 0.6 is 0 Å². The van der Waals surface area contributed by atoms with Crippen LogP contribution in [0.2, 0.25) is 0 Å². The van der Waals surface area contributed by atoms with Gasteiger partial charge in [-0.05, 0) is 6.92 Å². The van der Waals surface area contributed by atoms with E-state index < -0.39 is 0 Å². The number of hydrogen-bond donors (Lipinski definition) is 1. The van der Waals surface area contributed by atoms with Crippen molar-refractivity contribution in [1.29, 1.82) is 0 Å². The van der Waals surface area contributed by atoms with Gasteiger partial charge in [0.15, 0.2) is 0 Å². The first-order valence-corrected chi connectivity index (χ1v) is 4.40. The minimum atomic E-state index is 0.281. The van der Waals surface area contributed by atoms with Crippen molar-refractivity contribution in [3.05, 3.63) is 24.8 Å². The normalized spacial score (nSPS) is 10.4. The molecular weight excluding hydrogens is 178 g/mol. The Hall–Kier alpha value is -1.91. The predicted molar refractivity (Wildman–Crippen MR) is 53.3 cm³/mol. The second-order valence-corrected chi connectivity index (χ2v) is 2.87. The van der Waals surface area contributed by atoms with Crippen LogP contribution in [0.4, 0.5) is 5.95 Å². The topological polar surface area (TPSA) is 69.6 Å². The summed E-state index contributed by atoms with van der Waals surface area (Å²) < 4.78 is 2.02. The highest BCUT2D eigenvalue weighted by atomic mass is 15.1. The molecule has 0 unspecified atom stereocenters. The summed E-state index contributed by atoms with van der Waals surface area (Å²) in [6.07, 6.45) is 7.04. The van der Waals surface area contributed by atoms with Crippen molar-refractivity contribution in [2.24, 2.45) is 0 Å². The van der Waals surface area contributed by atoms with Crippen molar-refractivity contribution in [3.8, 4) is 11.4 Å². The van der Waals surface area contributed by atoms with Crippen molar-refractivity contribution in [2.75, 3.05) is 5.73 Å². The van der Waals surface area contributed by atoms with Crippen LogP contribution in [0.1, 0.15) is 6.92 Å². The average molecular weight is 189 g/mol. The molecule has 0 radical (unpaired) electrons. The van der Waals surface area contributed by atoms with Gasteiger partial charge >= 0.3 is 0 Å². The third kappa shape index (κ3) is 1.44. The SMILES string of the molecule is CCn1ccnc1-c1cnc(N)nc1. The lowest BCUT2D eigenvalue weighted by atomic mass is 10.3. The van der Waals surface area contributed by atoms with E-state index in [4.69, 9.17) is 5.73 Å². The maximum atomic E-state index is 5.40. The molecule has 0 aromatic carbocycles.